The topological polar surface area (TPSA) is 102 Å². The second-order valence-corrected chi connectivity index (χ2v) is 5.75. The van der Waals surface area contributed by atoms with Gasteiger partial charge in [-0.15, -0.1) is 0 Å². The summed E-state index contributed by atoms with van der Waals surface area (Å²) in [6.07, 6.45) is 1.29. The molecule has 0 heterocycles. The minimum absolute atomic E-state index is 0.0690. The number of carbonyl (C=O) groups excluding carboxylic acids is 2. The summed E-state index contributed by atoms with van der Waals surface area (Å²) in [5.41, 5.74) is 5.83. The number of aromatic hydroxyl groups is 1. The van der Waals surface area contributed by atoms with Gasteiger partial charge in [-0.3, -0.25) is 9.59 Å². The lowest BCUT2D eigenvalue weighted by molar-refractivity contribution is -0.119. The fourth-order valence-electron chi connectivity index (χ4n) is 1.97. The smallest absolute Gasteiger partial charge is 0.261 e. The molecule has 0 aromatic heterocycles. The number of halogens is 2. The van der Waals surface area contributed by atoms with E-state index in [0.29, 0.717) is 16.3 Å². The van der Waals surface area contributed by atoms with Crippen LogP contribution in [0.1, 0.15) is 5.56 Å². The molecule has 0 aliphatic heterocycles. The Morgan fingerprint density at radius 2 is 1.88 bits per heavy atom. The van der Waals surface area contributed by atoms with E-state index in [1.807, 2.05) is 0 Å². The van der Waals surface area contributed by atoms with Crippen LogP contribution in [0.5, 0.6) is 11.5 Å². The summed E-state index contributed by atoms with van der Waals surface area (Å²) >= 11 is 11.7. The van der Waals surface area contributed by atoms with Crippen molar-refractivity contribution in [1.82, 2.24) is 0 Å². The second kappa shape index (κ2) is 7.92. The Morgan fingerprint density at radius 1 is 1.16 bits per heavy atom. The third-order valence-electron chi connectivity index (χ3n) is 3.20. The van der Waals surface area contributed by atoms with Crippen molar-refractivity contribution >= 4 is 46.8 Å². The zero-order chi connectivity index (χ0) is 18.6. The van der Waals surface area contributed by atoms with Crippen molar-refractivity contribution in [3.63, 3.8) is 0 Å². The molecule has 0 saturated heterocycles. The van der Waals surface area contributed by atoms with Crippen LogP contribution in [0.3, 0.4) is 0 Å². The molecule has 0 saturated carbocycles. The van der Waals surface area contributed by atoms with Gasteiger partial charge in [0.25, 0.3) is 11.8 Å². The molecule has 0 radical (unpaired) electrons. The van der Waals surface area contributed by atoms with Crippen molar-refractivity contribution in [2.75, 3.05) is 12.4 Å². The predicted octanol–water partition coefficient (Wildman–Crippen LogP) is 3.22. The highest BCUT2D eigenvalue weighted by atomic mass is 35.5. The van der Waals surface area contributed by atoms with Gasteiger partial charge >= 0.3 is 0 Å². The van der Waals surface area contributed by atoms with Crippen LogP contribution in [0.25, 0.3) is 6.08 Å². The van der Waals surface area contributed by atoms with Crippen LogP contribution >= 0.6 is 23.2 Å². The van der Waals surface area contributed by atoms with E-state index in [1.165, 1.54) is 49.6 Å². The number of nitrogens with one attached hydrogen (secondary N) is 1. The lowest BCUT2D eigenvalue weighted by Crippen LogP contribution is -2.25. The molecule has 2 amide bonds. The second-order valence-electron chi connectivity index (χ2n) is 4.94. The first-order chi connectivity index (χ1) is 11.8. The highest BCUT2D eigenvalue weighted by molar-refractivity contribution is 6.42. The molecule has 0 atom stereocenters. The van der Waals surface area contributed by atoms with E-state index in [4.69, 9.17) is 33.7 Å². The SMILES string of the molecule is COc1cc(/C=C(\C(N)=O)C(=O)Nc2ccc(Cl)c(Cl)c2)ccc1O. The molecular weight excluding hydrogens is 367 g/mol. The molecule has 0 aliphatic rings. The fourth-order valence-corrected chi connectivity index (χ4v) is 2.27. The number of rotatable bonds is 5. The number of amides is 2. The maximum Gasteiger partial charge on any atom is 0.261 e. The first-order valence-electron chi connectivity index (χ1n) is 6.96. The van der Waals surface area contributed by atoms with Crippen LogP contribution in [-0.2, 0) is 9.59 Å². The Labute approximate surface area is 153 Å². The predicted molar refractivity (Wildman–Crippen MR) is 96.9 cm³/mol. The quantitative estimate of drug-likeness (QED) is 0.421. The molecule has 0 fully saturated rings. The zero-order valence-corrected chi connectivity index (χ0v) is 14.6. The lowest BCUT2D eigenvalue weighted by atomic mass is 10.1. The van der Waals surface area contributed by atoms with E-state index < -0.39 is 11.8 Å². The van der Waals surface area contributed by atoms with Gasteiger partial charge < -0.3 is 20.9 Å². The number of benzene rings is 2. The van der Waals surface area contributed by atoms with E-state index >= 15 is 0 Å². The summed E-state index contributed by atoms with van der Waals surface area (Å²) in [7, 11) is 1.38. The van der Waals surface area contributed by atoms with Crippen LogP contribution in [0.2, 0.25) is 10.0 Å². The fraction of sp³-hybridized carbons (Fsp3) is 0.0588. The minimum atomic E-state index is -0.912. The monoisotopic (exact) mass is 380 g/mol. The largest absolute Gasteiger partial charge is 0.504 e. The Bertz CT molecular complexity index is 866. The molecule has 0 aliphatic carbocycles. The van der Waals surface area contributed by atoms with E-state index in [-0.39, 0.29) is 22.1 Å². The summed E-state index contributed by atoms with van der Waals surface area (Å²) in [5, 5.41) is 12.7. The Kier molecular flexibility index (Phi) is 5.90. The third-order valence-corrected chi connectivity index (χ3v) is 3.94. The minimum Gasteiger partial charge on any atom is -0.504 e. The summed E-state index contributed by atoms with van der Waals surface area (Å²) in [6.45, 7) is 0. The highest BCUT2D eigenvalue weighted by Gasteiger charge is 2.16. The summed E-state index contributed by atoms with van der Waals surface area (Å²) < 4.78 is 4.99. The number of phenolic OH excluding ortho intramolecular Hbond substituents is 1. The number of carbonyl (C=O) groups is 2. The van der Waals surface area contributed by atoms with Crippen molar-refractivity contribution in [3.8, 4) is 11.5 Å². The van der Waals surface area contributed by atoms with Crippen molar-refractivity contribution in [1.29, 1.82) is 0 Å². The summed E-state index contributed by atoms with van der Waals surface area (Å²) in [5.74, 6) is -1.49. The van der Waals surface area contributed by atoms with Gasteiger partial charge in [0.1, 0.15) is 5.57 Å². The number of phenols is 1. The molecule has 0 bridgehead atoms. The lowest BCUT2D eigenvalue weighted by Gasteiger charge is -2.08. The molecule has 2 rings (SSSR count). The average molecular weight is 381 g/mol. The summed E-state index contributed by atoms with van der Waals surface area (Å²) in [6, 6.07) is 8.84. The van der Waals surface area contributed by atoms with Crippen LogP contribution in [0.4, 0.5) is 5.69 Å². The Balaban J connectivity index is 2.31. The number of hydrogen-bond acceptors (Lipinski definition) is 4. The Morgan fingerprint density at radius 3 is 2.48 bits per heavy atom. The molecule has 2 aromatic rings. The van der Waals surface area contributed by atoms with Crippen molar-refractivity contribution < 1.29 is 19.4 Å². The number of hydrogen-bond donors (Lipinski definition) is 3. The molecule has 25 heavy (non-hydrogen) atoms. The van der Waals surface area contributed by atoms with Gasteiger partial charge in [0, 0.05) is 5.69 Å². The van der Waals surface area contributed by atoms with Crippen LogP contribution in [-0.4, -0.2) is 24.0 Å². The van der Waals surface area contributed by atoms with Crippen LogP contribution < -0.4 is 15.8 Å². The molecule has 4 N–H and O–H groups in total. The van der Waals surface area contributed by atoms with Crippen LogP contribution in [0.15, 0.2) is 42.0 Å². The molecular formula is C17H14Cl2N2O4. The first kappa shape index (κ1) is 18.6. The number of ether oxygens (including phenoxy) is 1. The van der Waals surface area contributed by atoms with Crippen LogP contribution in [0, 0.1) is 0 Å². The van der Waals surface area contributed by atoms with E-state index in [9.17, 15) is 14.7 Å². The van der Waals surface area contributed by atoms with Crippen molar-refractivity contribution in [2.24, 2.45) is 5.73 Å². The number of methoxy groups -OCH3 is 1. The Hall–Kier alpha value is -2.70. The molecule has 0 unspecified atom stereocenters. The van der Waals surface area contributed by atoms with Gasteiger partial charge in [-0.2, -0.15) is 0 Å². The summed E-state index contributed by atoms with van der Waals surface area (Å²) in [4.78, 5) is 24.0. The van der Waals surface area contributed by atoms with Gasteiger partial charge in [0.05, 0.1) is 17.2 Å². The average Bonchev–Trinajstić information content (AvgIpc) is 2.56. The van der Waals surface area contributed by atoms with Gasteiger partial charge in [0.2, 0.25) is 0 Å². The van der Waals surface area contributed by atoms with Crippen molar-refractivity contribution in [3.05, 3.63) is 57.6 Å². The van der Waals surface area contributed by atoms with Gasteiger partial charge in [-0.25, -0.2) is 0 Å². The molecule has 130 valence electrons. The van der Waals surface area contributed by atoms with Gasteiger partial charge in [-0.05, 0) is 42.0 Å². The third kappa shape index (κ3) is 4.65. The molecule has 8 heteroatoms. The first-order valence-corrected chi connectivity index (χ1v) is 7.72. The number of primary amides is 1. The van der Waals surface area contributed by atoms with E-state index in [0.717, 1.165) is 0 Å². The number of nitrogens with two attached hydrogens (primary N) is 1. The molecule has 6 nitrogen and oxygen atoms in total. The van der Waals surface area contributed by atoms with Crippen molar-refractivity contribution in [2.45, 2.75) is 0 Å². The van der Waals surface area contributed by atoms with Gasteiger partial charge in [-0.1, -0.05) is 29.3 Å². The highest BCUT2D eigenvalue weighted by Crippen LogP contribution is 2.28. The molecule has 0 spiro atoms. The maximum atomic E-state index is 12.3. The zero-order valence-electron chi connectivity index (χ0n) is 13.0. The standard InChI is InChI=1S/C17H14Cl2N2O4/c1-25-15-7-9(2-5-14(15)22)6-11(16(20)23)17(24)21-10-3-4-12(18)13(19)8-10/h2-8,22H,1H3,(H2,20,23)(H,21,24)/b11-6+. The maximum absolute atomic E-state index is 12.3. The van der Waals surface area contributed by atoms with Gasteiger partial charge in [0.15, 0.2) is 11.5 Å². The number of anilines is 1. The molecule has 2 aromatic carbocycles. The normalized spacial score (nSPS) is 11.1. The van der Waals surface area contributed by atoms with E-state index in [2.05, 4.69) is 5.32 Å². The van der Waals surface area contributed by atoms with E-state index in [1.54, 1.807) is 0 Å².